The molecule has 1 aliphatic heterocycles. The summed E-state index contributed by atoms with van der Waals surface area (Å²) in [6.45, 7) is 6.25. The Labute approximate surface area is 190 Å². The van der Waals surface area contributed by atoms with Crippen LogP contribution in [0.4, 0.5) is 5.69 Å². The molecule has 0 aliphatic carbocycles. The van der Waals surface area contributed by atoms with Gasteiger partial charge in [-0.25, -0.2) is 8.42 Å². The van der Waals surface area contributed by atoms with E-state index >= 15 is 0 Å². The van der Waals surface area contributed by atoms with Crippen LogP contribution in [0.25, 0.3) is 0 Å². The number of amides is 1. The van der Waals surface area contributed by atoms with Gasteiger partial charge in [0.1, 0.15) is 5.75 Å². The monoisotopic (exact) mass is 461 g/mol. The fraction of sp³-hybridized carbons (Fsp3) is 0.435. The number of hydrogen-bond acceptors (Lipinski definition) is 6. The summed E-state index contributed by atoms with van der Waals surface area (Å²) >= 11 is 0. The molecule has 0 spiro atoms. The van der Waals surface area contributed by atoms with E-state index in [0.29, 0.717) is 18.0 Å². The summed E-state index contributed by atoms with van der Waals surface area (Å²) in [6, 6.07) is 14.7. The Balaban J connectivity index is 1.54. The molecule has 8 nitrogen and oxygen atoms in total. The van der Waals surface area contributed by atoms with E-state index in [9.17, 15) is 13.2 Å². The Morgan fingerprint density at radius 1 is 1.12 bits per heavy atom. The third kappa shape index (κ3) is 6.69. The van der Waals surface area contributed by atoms with Crippen molar-refractivity contribution in [3.05, 3.63) is 59.7 Å². The van der Waals surface area contributed by atoms with Crippen molar-refractivity contribution in [3.63, 3.8) is 0 Å². The van der Waals surface area contributed by atoms with Crippen molar-refractivity contribution in [1.82, 2.24) is 10.2 Å². The molecule has 0 saturated carbocycles. The largest absolute Gasteiger partial charge is 0.481 e. The van der Waals surface area contributed by atoms with Gasteiger partial charge in [0, 0.05) is 33.2 Å². The molecular weight excluding hydrogens is 430 g/mol. The summed E-state index contributed by atoms with van der Waals surface area (Å²) in [4.78, 5) is 14.9. The number of rotatable bonds is 9. The SMILES string of the molecule is CC(Oc1ccc(N(C)S(C)(=O)=O)cc1)C(=O)NCc1ccccc1CN1CCOCC1. The Morgan fingerprint density at radius 2 is 1.75 bits per heavy atom. The van der Waals surface area contributed by atoms with Gasteiger partial charge in [-0.3, -0.25) is 14.0 Å². The van der Waals surface area contributed by atoms with Gasteiger partial charge in [0.25, 0.3) is 5.91 Å². The average molecular weight is 462 g/mol. The highest BCUT2D eigenvalue weighted by Crippen LogP contribution is 2.21. The fourth-order valence-corrected chi connectivity index (χ4v) is 3.90. The molecule has 0 bridgehead atoms. The summed E-state index contributed by atoms with van der Waals surface area (Å²) in [5, 5.41) is 2.95. The van der Waals surface area contributed by atoms with E-state index in [2.05, 4.69) is 16.3 Å². The van der Waals surface area contributed by atoms with Crippen LogP contribution in [0.15, 0.2) is 48.5 Å². The average Bonchev–Trinajstić information content (AvgIpc) is 2.78. The number of sulfonamides is 1. The third-order valence-electron chi connectivity index (χ3n) is 5.45. The Hall–Kier alpha value is -2.62. The van der Waals surface area contributed by atoms with Gasteiger partial charge in [-0.2, -0.15) is 0 Å². The van der Waals surface area contributed by atoms with E-state index < -0.39 is 16.1 Å². The van der Waals surface area contributed by atoms with Gasteiger partial charge >= 0.3 is 0 Å². The maximum atomic E-state index is 12.6. The lowest BCUT2D eigenvalue weighted by Crippen LogP contribution is -2.37. The molecule has 1 saturated heterocycles. The van der Waals surface area contributed by atoms with Crippen LogP contribution in [0, 0.1) is 0 Å². The Kier molecular flexibility index (Phi) is 8.11. The number of anilines is 1. The lowest BCUT2D eigenvalue weighted by atomic mass is 10.1. The van der Waals surface area contributed by atoms with Crippen molar-refractivity contribution in [2.24, 2.45) is 0 Å². The van der Waals surface area contributed by atoms with Crippen molar-refractivity contribution in [2.75, 3.05) is 43.9 Å². The molecule has 3 rings (SSSR count). The van der Waals surface area contributed by atoms with Crippen molar-refractivity contribution in [3.8, 4) is 5.75 Å². The van der Waals surface area contributed by atoms with Gasteiger partial charge in [-0.05, 0) is 42.3 Å². The number of benzene rings is 2. The van der Waals surface area contributed by atoms with Gasteiger partial charge < -0.3 is 14.8 Å². The first kappa shape index (κ1) is 24.0. The lowest BCUT2D eigenvalue weighted by molar-refractivity contribution is -0.127. The molecule has 32 heavy (non-hydrogen) atoms. The molecule has 1 fully saturated rings. The molecular formula is C23H31N3O5S. The number of carbonyl (C=O) groups excluding carboxylic acids is 1. The summed E-state index contributed by atoms with van der Waals surface area (Å²) in [5.41, 5.74) is 2.79. The second kappa shape index (κ2) is 10.8. The molecule has 0 radical (unpaired) electrons. The van der Waals surface area contributed by atoms with Crippen LogP contribution in [0.3, 0.4) is 0 Å². The zero-order valence-corrected chi connectivity index (χ0v) is 19.6. The van der Waals surface area contributed by atoms with Crippen LogP contribution in [0.1, 0.15) is 18.1 Å². The smallest absolute Gasteiger partial charge is 0.261 e. The second-order valence-electron chi connectivity index (χ2n) is 7.86. The van der Waals surface area contributed by atoms with Crippen LogP contribution in [0.5, 0.6) is 5.75 Å². The lowest BCUT2D eigenvalue weighted by Gasteiger charge is -2.27. The summed E-state index contributed by atoms with van der Waals surface area (Å²) in [6.07, 6.45) is 0.447. The molecule has 1 unspecified atom stereocenters. The minimum atomic E-state index is -3.33. The quantitative estimate of drug-likeness (QED) is 0.615. The number of hydrogen-bond donors (Lipinski definition) is 1. The standard InChI is InChI=1S/C23H31N3O5S/c1-18(31-22-10-8-21(9-11-22)25(2)32(3,28)29)23(27)24-16-19-6-4-5-7-20(19)17-26-12-14-30-15-13-26/h4-11,18H,12-17H2,1-3H3,(H,24,27). The zero-order chi connectivity index (χ0) is 23.1. The third-order valence-corrected chi connectivity index (χ3v) is 6.65. The highest BCUT2D eigenvalue weighted by Gasteiger charge is 2.17. The highest BCUT2D eigenvalue weighted by molar-refractivity contribution is 7.92. The van der Waals surface area contributed by atoms with Gasteiger partial charge in [-0.1, -0.05) is 24.3 Å². The van der Waals surface area contributed by atoms with Gasteiger partial charge in [0.05, 0.1) is 25.2 Å². The van der Waals surface area contributed by atoms with E-state index in [1.807, 2.05) is 18.2 Å². The fourth-order valence-electron chi connectivity index (χ4n) is 3.39. The number of carbonyl (C=O) groups is 1. The first-order valence-corrected chi connectivity index (χ1v) is 12.4. The van der Waals surface area contributed by atoms with Gasteiger partial charge in [0.15, 0.2) is 6.10 Å². The Morgan fingerprint density at radius 3 is 2.38 bits per heavy atom. The molecule has 1 atom stereocenters. The van der Waals surface area contributed by atoms with Crippen molar-refractivity contribution in [2.45, 2.75) is 26.1 Å². The predicted octanol–water partition coefficient (Wildman–Crippen LogP) is 2.00. The summed E-state index contributed by atoms with van der Waals surface area (Å²) in [5.74, 6) is 0.273. The predicted molar refractivity (Wildman–Crippen MR) is 124 cm³/mol. The molecule has 2 aromatic rings. The molecule has 1 heterocycles. The Bertz CT molecular complexity index is 1000. The molecule has 2 aromatic carbocycles. The van der Waals surface area contributed by atoms with Crippen LogP contribution in [-0.4, -0.2) is 64.9 Å². The number of nitrogens with one attached hydrogen (secondary N) is 1. The maximum absolute atomic E-state index is 12.6. The van der Waals surface area contributed by atoms with Crippen LogP contribution in [0.2, 0.25) is 0 Å². The normalized spacial score (nSPS) is 15.7. The summed E-state index contributed by atoms with van der Waals surface area (Å²) in [7, 11) is -1.85. The van der Waals surface area contributed by atoms with E-state index in [0.717, 1.165) is 44.7 Å². The van der Waals surface area contributed by atoms with Crippen molar-refractivity contribution in [1.29, 1.82) is 0 Å². The molecule has 0 aromatic heterocycles. The van der Waals surface area contributed by atoms with Crippen LogP contribution >= 0.6 is 0 Å². The molecule has 9 heteroatoms. The number of nitrogens with zero attached hydrogens (tertiary/aromatic N) is 2. The first-order valence-electron chi connectivity index (χ1n) is 10.6. The summed E-state index contributed by atoms with van der Waals surface area (Å²) < 4.78 is 35.6. The first-order chi connectivity index (χ1) is 15.2. The molecule has 1 amide bonds. The number of ether oxygens (including phenoxy) is 2. The maximum Gasteiger partial charge on any atom is 0.261 e. The van der Waals surface area contributed by atoms with E-state index in [1.165, 1.54) is 16.9 Å². The minimum Gasteiger partial charge on any atom is -0.481 e. The highest BCUT2D eigenvalue weighted by atomic mass is 32.2. The van der Waals surface area contributed by atoms with Crippen LogP contribution in [-0.2, 0) is 32.6 Å². The van der Waals surface area contributed by atoms with E-state index in [-0.39, 0.29) is 5.91 Å². The van der Waals surface area contributed by atoms with Crippen molar-refractivity contribution >= 4 is 21.6 Å². The minimum absolute atomic E-state index is 0.219. The molecule has 1 aliphatic rings. The van der Waals surface area contributed by atoms with Crippen molar-refractivity contribution < 1.29 is 22.7 Å². The van der Waals surface area contributed by atoms with Gasteiger partial charge in [-0.15, -0.1) is 0 Å². The number of morpholine rings is 1. The zero-order valence-electron chi connectivity index (χ0n) is 18.8. The van der Waals surface area contributed by atoms with Gasteiger partial charge in [0.2, 0.25) is 10.0 Å². The van der Waals surface area contributed by atoms with Crippen LogP contribution < -0.4 is 14.4 Å². The van der Waals surface area contributed by atoms with E-state index in [4.69, 9.17) is 9.47 Å². The molecule has 174 valence electrons. The topological polar surface area (TPSA) is 88.2 Å². The second-order valence-corrected chi connectivity index (χ2v) is 9.87. The van der Waals surface area contributed by atoms with E-state index in [1.54, 1.807) is 31.2 Å². The molecule has 1 N–H and O–H groups in total.